The molecule has 2 aliphatic heterocycles. The van der Waals surface area contributed by atoms with Crippen LogP contribution >= 0.6 is 0 Å². The summed E-state index contributed by atoms with van der Waals surface area (Å²) in [6.45, 7) is 9.71. The summed E-state index contributed by atoms with van der Waals surface area (Å²) in [5.74, 6) is 0.310. The highest BCUT2D eigenvalue weighted by Gasteiger charge is 2.23. The fraction of sp³-hybridized carbons (Fsp3) is 0.458. The maximum Gasteiger partial charge on any atom is 0.223 e. The molecule has 0 aromatic heterocycles. The van der Waals surface area contributed by atoms with Gasteiger partial charge in [0.25, 0.3) is 0 Å². The molecule has 2 fully saturated rings. The van der Waals surface area contributed by atoms with Crippen LogP contribution in [0.15, 0.2) is 60.7 Å². The summed E-state index contributed by atoms with van der Waals surface area (Å²) in [7, 11) is 0. The first-order chi connectivity index (χ1) is 14.3. The van der Waals surface area contributed by atoms with Gasteiger partial charge in [0.15, 0.2) is 0 Å². The second-order valence-corrected chi connectivity index (χ2v) is 8.06. The van der Waals surface area contributed by atoms with Crippen LogP contribution in [0.4, 0.5) is 5.69 Å². The van der Waals surface area contributed by atoms with E-state index >= 15 is 0 Å². The van der Waals surface area contributed by atoms with E-state index in [0.717, 1.165) is 65.4 Å². The number of nitrogens with zero attached hydrogens (tertiary/aromatic N) is 4. The first kappa shape index (κ1) is 19.9. The lowest BCUT2D eigenvalue weighted by atomic mass is 10.2. The monoisotopic (exact) mass is 392 g/mol. The van der Waals surface area contributed by atoms with Crippen LogP contribution in [-0.2, 0) is 11.3 Å². The minimum absolute atomic E-state index is 0.310. The Morgan fingerprint density at radius 3 is 1.93 bits per heavy atom. The highest BCUT2D eigenvalue weighted by atomic mass is 16.2. The van der Waals surface area contributed by atoms with Crippen molar-refractivity contribution in [3.63, 3.8) is 0 Å². The predicted molar refractivity (Wildman–Crippen MR) is 118 cm³/mol. The van der Waals surface area contributed by atoms with E-state index in [-0.39, 0.29) is 0 Å². The van der Waals surface area contributed by atoms with Gasteiger partial charge in [-0.3, -0.25) is 9.69 Å². The zero-order valence-electron chi connectivity index (χ0n) is 17.2. The molecule has 2 aromatic rings. The summed E-state index contributed by atoms with van der Waals surface area (Å²) in [5, 5.41) is 0. The highest BCUT2D eigenvalue weighted by molar-refractivity contribution is 5.76. The van der Waals surface area contributed by atoms with E-state index in [1.165, 1.54) is 11.3 Å². The third-order valence-corrected chi connectivity index (χ3v) is 6.11. The minimum atomic E-state index is 0.310. The standard InChI is InChI=1S/C24H32N4O/c29-24(28-19-17-27(18-20-28)23-9-5-2-6-10-23)11-12-25-13-15-26(16-14-25)21-22-7-3-1-4-8-22/h1-10H,11-21H2. The summed E-state index contributed by atoms with van der Waals surface area (Å²) in [6, 6.07) is 21.2. The second kappa shape index (κ2) is 9.90. The van der Waals surface area contributed by atoms with Crippen LogP contribution in [0.2, 0.25) is 0 Å². The maximum atomic E-state index is 12.7. The molecular formula is C24H32N4O. The number of hydrogen-bond donors (Lipinski definition) is 0. The Morgan fingerprint density at radius 2 is 1.28 bits per heavy atom. The molecular weight excluding hydrogens is 360 g/mol. The number of anilines is 1. The molecule has 4 rings (SSSR count). The summed E-state index contributed by atoms with van der Waals surface area (Å²) in [5.41, 5.74) is 2.64. The van der Waals surface area contributed by atoms with Crippen LogP contribution in [0.1, 0.15) is 12.0 Å². The first-order valence-corrected chi connectivity index (χ1v) is 10.8. The third kappa shape index (κ3) is 5.58. The van der Waals surface area contributed by atoms with Gasteiger partial charge in [0.05, 0.1) is 0 Å². The Balaban J connectivity index is 1.15. The molecule has 2 saturated heterocycles. The Bertz CT molecular complexity index is 751. The van der Waals surface area contributed by atoms with Crippen LogP contribution in [0.25, 0.3) is 0 Å². The number of hydrogen-bond acceptors (Lipinski definition) is 4. The molecule has 0 atom stereocenters. The van der Waals surface area contributed by atoms with E-state index in [2.05, 4.69) is 69.3 Å². The molecule has 154 valence electrons. The molecule has 2 heterocycles. The van der Waals surface area contributed by atoms with Gasteiger partial charge in [0, 0.05) is 77.6 Å². The van der Waals surface area contributed by atoms with Crippen LogP contribution in [0.3, 0.4) is 0 Å². The molecule has 0 radical (unpaired) electrons. The van der Waals surface area contributed by atoms with Crippen LogP contribution < -0.4 is 4.90 Å². The van der Waals surface area contributed by atoms with Gasteiger partial charge in [0.1, 0.15) is 0 Å². The van der Waals surface area contributed by atoms with E-state index < -0.39 is 0 Å². The number of rotatable bonds is 6. The molecule has 5 nitrogen and oxygen atoms in total. The third-order valence-electron chi connectivity index (χ3n) is 6.11. The lowest BCUT2D eigenvalue weighted by Gasteiger charge is -2.37. The molecule has 0 N–H and O–H groups in total. The van der Waals surface area contributed by atoms with Gasteiger partial charge in [0.2, 0.25) is 5.91 Å². The molecule has 1 amide bonds. The van der Waals surface area contributed by atoms with Crippen molar-refractivity contribution in [1.82, 2.24) is 14.7 Å². The summed E-state index contributed by atoms with van der Waals surface area (Å²) >= 11 is 0. The topological polar surface area (TPSA) is 30.0 Å². The fourth-order valence-electron chi connectivity index (χ4n) is 4.28. The van der Waals surface area contributed by atoms with Crippen molar-refractivity contribution in [2.24, 2.45) is 0 Å². The van der Waals surface area contributed by atoms with Crippen molar-refractivity contribution in [3.05, 3.63) is 66.2 Å². The number of amides is 1. The van der Waals surface area contributed by atoms with Crippen LogP contribution in [-0.4, -0.2) is 79.5 Å². The highest BCUT2D eigenvalue weighted by Crippen LogP contribution is 2.16. The largest absolute Gasteiger partial charge is 0.368 e. The SMILES string of the molecule is O=C(CCN1CCN(Cc2ccccc2)CC1)N1CCN(c2ccccc2)CC1. The molecule has 29 heavy (non-hydrogen) atoms. The Kier molecular flexibility index (Phi) is 6.80. The summed E-state index contributed by atoms with van der Waals surface area (Å²) in [4.78, 5) is 22.0. The predicted octanol–water partition coefficient (Wildman–Crippen LogP) is 2.54. The van der Waals surface area contributed by atoms with Crippen LogP contribution in [0.5, 0.6) is 0 Å². The fourth-order valence-corrected chi connectivity index (χ4v) is 4.28. The second-order valence-electron chi connectivity index (χ2n) is 8.06. The van der Waals surface area contributed by atoms with Crippen molar-refractivity contribution in [3.8, 4) is 0 Å². The normalized spacial score (nSPS) is 18.8. The van der Waals surface area contributed by atoms with E-state index in [0.29, 0.717) is 12.3 Å². The van der Waals surface area contributed by atoms with E-state index in [9.17, 15) is 4.79 Å². The maximum absolute atomic E-state index is 12.7. The summed E-state index contributed by atoms with van der Waals surface area (Å²) in [6.07, 6.45) is 0.643. The van der Waals surface area contributed by atoms with Gasteiger partial charge in [-0.25, -0.2) is 0 Å². The average Bonchev–Trinajstić information content (AvgIpc) is 2.80. The molecule has 0 saturated carbocycles. The lowest BCUT2D eigenvalue weighted by molar-refractivity contribution is -0.131. The van der Waals surface area contributed by atoms with Crippen molar-refractivity contribution in [2.45, 2.75) is 13.0 Å². The zero-order chi connectivity index (χ0) is 19.9. The number of carbonyl (C=O) groups is 1. The number of piperazine rings is 2. The molecule has 2 aliphatic rings. The van der Waals surface area contributed by atoms with Crippen molar-refractivity contribution < 1.29 is 4.79 Å². The van der Waals surface area contributed by atoms with E-state index in [4.69, 9.17) is 0 Å². The Morgan fingerprint density at radius 1 is 0.690 bits per heavy atom. The van der Waals surface area contributed by atoms with Crippen LogP contribution in [0, 0.1) is 0 Å². The van der Waals surface area contributed by atoms with Gasteiger partial charge < -0.3 is 14.7 Å². The molecule has 5 heteroatoms. The Hall–Kier alpha value is -2.37. The smallest absolute Gasteiger partial charge is 0.223 e. The van der Waals surface area contributed by atoms with Crippen molar-refractivity contribution in [1.29, 1.82) is 0 Å². The number of para-hydroxylation sites is 1. The lowest BCUT2D eigenvalue weighted by Crippen LogP contribution is -2.50. The molecule has 2 aromatic carbocycles. The molecule has 0 bridgehead atoms. The van der Waals surface area contributed by atoms with Gasteiger partial charge >= 0.3 is 0 Å². The first-order valence-electron chi connectivity index (χ1n) is 10.8. The molecule has 0 aliphatic carbocycles. The zero-order valence-corrected chi connectivity index (χ0v) is 17.2. The quantitative estimate of drug-likeness (QED) is 0.756. The van der Waals surface area contributed by atoms with E-state index in [1.807, 2.05) is 11.0 Å². The van der Waals surface area contributed by atoms with Gasteiger partial charge in [-0.15, -0.1) is 0 Å². The Labute approximate surface area is 174 Å². The van der Waals surface area contributed by atoms with E-state index in [1.54, 1.807) is 0 Å². The van der Waals surface area contributed by atoms with Gasteiger partial charge in [-0.2, -0.15) is 0 Å². The number of carbonyl (C=O) groups excluding carboxylic acids is 1. The minimum Gasteiger partial charge on any atom is -0.368 e. The van der Waals surface area contributed by atoms with Crippen molar-refractivity contribution in [2.75, 3.05) is 63.8 Å². The van der Waals surface area contributed by atoms with Crippen molar-refractivity contribution >= 4 is 11.6 Å². The van der Waals surface area contributed by atoms with Gasteiger partial charge in [-0.1, -0.05) is 48.5 Å². The average molecular weight is 393 g/mol. The molecule has 0 unspecified atom stereocenters. The van der Waals surface area contributed by atoms with Gasteiger partial charge in [-0.05, 0) is 17.7 Å². The number of benzene rings is 2. The summed E-state index contributed by atoms with van der Waals surface area (Å²) < 4.78 is 0. The molecule has 0 spiro atoms.